The van der Waals surface area contributed by atoms with E-state index >= 15 is 0 Å². The molecule has 2 aromatic carbocycles. The number of rotatable bonds is 7. The number of nitrogens with zero attached hydrogens (tertiary/aromatic N) is 2. The van der Waals surface area contributed by atoms with Crippen LogP contribution in [0, 0.1) is 0 Å². The van der Waals surface area contributed by atoms with E-state index in [1.54, 1.807) is 17.8 Å². The summed E-state index contributed by atoms with van der Waals surface area (Å²) >= 11 is 3.05. The molecule has 1 N–H and O–H groups in total. The van der Waals surface area contributed by atoms with Gasteiger partial charge in [-0.15, -0.1) is 10.2 Å². The summed E-state index contributed by atoms with van der Waals surface area (Å²) in [6, 6.07) is 13.6. The van der Waals surface area contributed by atoms with Crippen LogP contribution in [0.1, 0.15) is 30.0 Å². The van der Waals surface area contributed by atoms with Crippen molar-refractivity contribution in [3.05, 3.63) is 69.6 Å². The monoisotopic (exact) mass is 451 g/mol. The van der Waals surface area contributed by atoms with Crippen LogP contribution in [0.15, 0.2) is 56.0 Å². The first-order valence-corrected chi connectivity index (χ1v) is 12.0. The second-order valence-corrected chi connectivity index (χ2v) is 9.48. The highest BCUT2D eigenvalue weighted by atomic mass is 32.2. The largest absolute Gasteiger partial charge is 0.492 e. The van der Waals surface area contributed by atoms with Crippen LogP contribution < -0.4 is 15.7 Å². The second kappa shape index (κ2) is 8.72. The van der Waals surface area contributed by atoms with E-state index in [2.05, 4.69) is 21.6 Å². The normalized spacial score (nSPS) is 12.8. The molecule has 0 radical (unpaired) electrons. The average Bonchev–Trinajstić information content (AvgIpc) is 3.41. The van der Waals surface area contributed by atoms with Crippen molar-refractivity contribution in [2.45, 2.75) is 36.3 Å². The number of para-hydroxylation sites is 2. The van der Waals surface area contributed by atoms with Gasteiger partial charge in [0, 0.05) is 17.2 Å². The summed E-state index contributed by atoms with van der Waals surface area (Å²) in [5.74, 6) is 1.41. The molecule has 0 fully saturated rings. The van der Waals surface area contributed by atoms with Crippen molar-refractivity contribution in [1.82, 2.24) is 10.2 Å². The highest BCUT2D eigenvalue weighted by Crippen LogP contribution is 2.35. The van der Waals surface area contributed by atoms with Crippen molar-refractivity contribution in [2.24, 2.45) is 0 Å². The molecule has 0 saturated heterocycles. The molecule has 2 heterocycles. The summed E-state index contributed by atoms with van der Waals surface area (Å²) < 4.78 is 12.0. The fraction of sp³-hybridized carbons (Fsp3) is 0.261. The molecule has 31 heavy (non-hydrogen) atoms. The zero-order chi connectivity index (χ0) is 21.2. The lowest BCUT2D eigenvalue weighted by Crippen LogP contribution is -2.00. The fourth-order valence-electron chi connectivity index (χ4n) is 3.84. The predicted octanol–water partition coefficient (Wildman–Crippen LogP) is 5.57. The third kappa shape index (κ3) is 4.31. The Bertz CT molecular complexity index is 1300. The lowest BCUT2D eigenvalue weighted by molar-refractivity contribution is 0.342. The Kier molecular flexibility index (Phi) is 5.65. The summed E-state index contributed by atoms with van der Waals surface area (Å²) in [7, 11) is 0. The number of hydrogen-bond acceptors (Lipinski definition) is 8. The van der Waals surface area contributed by atoms with E-state index in [1.165, 1.54) is 22.5 Å². The van der Waals surface area contributed by atoms with Crippen molar-refractivity contribution in [3.63, 3.8) is 0 Å². The number of aromatic nitrogens is 2. The van der Waals surface area contributed by atoms with Gasteiger partial charge in [0.25, 0.3) is 0 Å². The molecule has 0 atom stereocenters. The minimum atomic E-state index is -0.312. The highest BCUT2D eigenvalue weighted by molar-refractivity contribution is 8.00. The molecule has 0 aliphatic heterocycles. The van der Waals surface area contributed by atoms with Crippen molar-refractivity contribution < 1.29 is 9.15 Å². The number of hydrogen-bond donors (Lipinski definition) is 1. The lowest BCUT2D eigenvalue weighted by atomic mass is 10.0. The van der Waals surface area contributed by atoms with Gasteiger partial charge in [0.1, 0.15) is 11.3 Å². The maximum atomic E-state index is 12.1. The Labute approximate surface area is 187 Å². The van der Waals surface area contributed by atoms with Gasteiger partial charge in [0.2, 0.25) is 5.13 Å². The standard InChI is InChI=1S/C23H21N3O3S2/c1-2-28-19-9-4-3-8-18(19)24-22-25-26-23(31-22)30-13-16-12-21(27)29-20-11-15-7-5-6-14(15)10-17(16)20/h3-4,8-12H,2,5-7,13H2,1H3,(H,24,25). The van der Waals surface area contributed by atoms with Crippen LogP contribution in [-0.4, -0.2) is 16.8 Å². The average molecular weight is 452 g/mol. The predicted molar refractivity (Wildman–Crippen MR) is 125 cm³/mol. The minimum Gasteiger partial charge on any atom is -0.492 e. The van der Waals surface area contributed by atoms with Crippen LogP contribution >= 0.6 is 23.1 Å². The molecular weight excluding hydrogens is 430 g/mol. The number of aryl methyl sites for hydroxylation is 2. The Morgan fingerprint density at radius 2 is 2.00 bits per heavy atom. The highest BCUT2D eigenvalue weighted by Gasteiger charge is 2.16. The zero-order valence-corrected chi connectivity index (χ0v) is 18.6. The number of thioether (sulfide) groups is 1. The van der Waals surface area contributed by atoms with E-state index in [0.717, 1.165) is 46.0 Å². The lowest BCUT2D eigenvalue weighted by Gasteiger charge is -2.09. The van der Waals surface area contributed by atoms with Crippen molar-refractivity contribution in [3.8, 4) is 5.75 Å². The van der Waals surface area contributed by atoms with Gasteiger partial charge in [0.15, 0.2) is 4.34 Å². The SMILES string of the molecule is CCOc1ccccc1Nc1nnc(SCc2cc(=O)oc3cc4c(cc23)CCC4)s1. The molecule has 5 rings (SSSR count). The third-order valence-corrected chi connectivity index (χ3v) is 7.25. The van der Waals surface area contributed by atoms with Gasteiger partial charge >= 0.3 is 5.63 Å². The molecule has 6 nitrogen and oxygen atoms in total. The number of fused-ring (bicyclic) bond motifs is 2. The molecule has 158 valence electrons. The topological polar surface area (TPSA) is 77.2 Å². The summed E-state index contributed by atoms with van der Waals surface area (Å²) in [5, 5.41) is 13.5. The molecule has 0 spiro atoms. The first kappa shape index (κ1) is 20.1. The van der Waals surface area contributed by atoms with Gasteiger partial charge in [-0.05, 0) is 67.1 Å². The second-order valence-electron chi connectivity index (χ2n) is 7.28. The fourth-order valence-corrected chi connectivity index (χ4v) is 5.59. The smallest absolute Gasteiger partial charge is 0.336 e. The van der Waals surface area contributed by atoms with Crippen LogP contribution in [0.5, 0.6) is 5.75 Å². The minimum absolute atomic E-state index is 0.312. The van der Waals surface area contributed by atoms with Crippen LogP contribution in [-0.2, 0) is 18.6 Å². The van der Waals surface area contributed by atoms with E-state index in [4.69, 9.17) is 9.15 Å². The Morgan fingerprint density at radius 3 is 2.87 bits per heavy atom. The van der Waals surface area contributed by atoms with Gasteiger partial charge in [0.05, 0.1) is 12.3 Å². The molecule has 1 aliphatic rings. The van der Waals surface area contributed by atoms with Crippen molar-refractivity contribution >= 4 is 44.9 Å². The summed E-state index contributed by atoms with van der Waals surface area (Å²) in [4.78, 5) is 12.1. The van der Waals surface area contributed by atoms with Gasteiger partial charge in [-0.3, -0.25) is 0 Å². The molecule has 0 amide bonds. The summed E-state index contributed by atoms with van der Waals surface area (Å²) in [6.07, 6.45) is 3.31. The number of nitrogens with one attached hydrogen (secondary N) is 1. The first-order chi connectivity index (χ1) is 15.2. The van der Waals surface area contributed by atoms with Crippen molar-refractivity contribution in [1.29, 1.82) is 0 Å². The van der Waals surface area contributed by atoms with E-state index in [-0.39, 0.29) is 5.63 Å². The van der Waals surface area contributed by atoms with E-state index in [1.807, 2.05) is 37.3 Å². The van der Waals surface area contributed by atoms with Crippen LogP contribution in [0.2, 0.25) is 0 Å². The van der Waals surface area contributed by atoms with E-state index in [9.17, 15) is 4.79 Å². The van der Waals surface area contributed by atoms with Gasteiger partial charge in [-0.2, -0.15) is 0 Å². The molecule has 0 unspecified atom stereocenters. The summed E-state index contributed by atoms with van der Waals surface area (Å²) in [5.41, 5.74) is 4.86. The Morgan fingerprint density at radius 1 is 1.16 bits per heavy atom. The van der Waals surface area contributed by atoms with Gasteiger partial charge in [-0.1, -0.05) is 35.2 Å². The molecule has 0 bridgehead atoms. The van der Waals surface area contributed by atoms with E-state index in [0.29, 0.717) is 23.1 Å². The maximum absolute atomic E-state index is 12.1. The van der Waals surface area contributed by atoms with E-state index < -0.39 is 0 Å². The van der Waals surface area contributed by atoms with Gasteiger partial charge in [-0.25, -0.2) is 4.79 Å². The Hall–Kier alpha value is -2.84. The van der Waals surface area contributed by atoms with Crippen LogP contribution in [0.25, 0.3) is 11.0 Å². The number of ether oxygens (including phenoxy) is 1. The first-order valence-electron chi connectivity index (χ1n) is 10.2. The number of benzene rings is 2. The quantitative estimate of drug-likeness (QED) is 0.291. The molecule has 4 aromatic rings. The number of anilines is 2. The molecule has 0 saturated carbocycles. The molecule has 8 heteroatoms. The third-order valence-electron chi connectivity index (χ3n) is 5.23. The van der Waals surface area contributed by atoms with Crippen LogP contribution in [0.3, 0.4) is 0 Å². The van der Waals surface area contributed by atoms with Crippen molar-refractivity contribution in [2.75, 3.05) is 11.9 Å². The Balaban J connectivity index is 1.34. The summed E-state index contributed by atoms with van der Waals surface area (Å²) in [6.45, 7) is 2.55. The molecule has 1 aliphatic carbocycles. The molecular formula is C23H21N3O3S2. The molecule has 2 aromatic heterocycles. The van der Waals surface area contributed by atoms with Gasteiger partial charge < -0.3 is 14.5 Å². The zero-order valence-electron chi connectivity index (χ0n) is 17.0. The maximum Gasteiger partial charge on any atom is 0.336 e. The van der Waals surface area contributed by atoms with Crippen LogP contribution in [0.4, 0.5) is 10.8 Å².